The number of aryl methyl sites for hydroxylation is 1. The van der Waals surface area contributed by atoms with Crippen molar-refractivity contribution in [3.63, 3.8) is 0 Å². The molecule has 1 N–H and O–H groups in total. The van der Waals surface area contributed by atoms with Crippen LogP contribution in [0.1, 0.15) is 22.5 Å². The Labute approximate surface area is 146 Å². The Hall–Kier alpha value is -2.72. The van der Waals surface area contributed by atoms with Crippen molar-refractivity contribution in [1.82, 2.24) is 4.57 Å². The molecule has 0 saturated carbocycles. The van der Waals surface area contributed by atoms with Gasteiger partial charge in [-0.2, -0.15) is 18.4 Å². The fourth-order valence-electron chi connectivity index (χ4n) is 2.50. The summed E-state index contributed by atoms with van der Waals surface area (Å²) in [5.41, 5.74) is 0.329. The quantitative estimate of drug-likeness (QED) is 0.627. The zero-order chi connectivity index (χ0) is 18.9. The van der Waals surface area contributed by atoms with E-state index >= 15 is 0 Å². The maximum Gasteiger partial charge on any atom is 0.417 e. The zero-order valence-electron chi connectivity index (χ0n) is 13.1. The van der Waals surface area contributed by atoms with Crippen LogP contribution in [0.3, 0.4) is 0 Å². The van der Waals surface area contributed by atoms with Crippen LogP contribution in [0.15, 0.2) is 29.8 Å². The van der Waals surface area contributed by atoms with E-state index in [1.165, 1.54) is 16.7 Å². The molecule has 1 aromatic carbocycles. The van der Waals surface area contributed by atoms with Gasteiger partial charge in [0, 0.05) is 17.1 Å². The van der Waals surface area contributed by atoms with Gasteiger partial charge in [0.2, 0.25) is 0 Å². The van der Waals surface area contributed by atoms with Crippen LogP contribution < -0.4 is 0 Å². The third-order valence-corrected chi connectivity index (χ3v) is 3.96. The minimum Gasteiger partial charge on any atom is -0.477 e. The van der Waals surface area contributed by atoms with Crippen molar-refractivity contribution in [2.24, 2.45) is 0 Å². The molecule has 1 heterocycles. The molecule has 4 nitrogen and oxygen atoms in total. The highest BCUT2D eigenvalue weighted by atomic mass is 35.5. The number of aromatic nitrogens is 1. The van der Waals surface area contributed by atoms with E-state index in [9.17, 15) is 18.0 Å². The van der Waals surface area contributed by atoms with Crippen molar-refractivity contribution < 1.29 is 23.1 Å². The standard InChI is InChI=1S/C17H12ClF3N2O2/c1-9-5-11(6-12(8-22)16(24)25)10(2)23(9)13-3-4-15(18)14(7-13)17(19,20)21/h3-7H,1-2H3,(H,24,25)/b12-6-. The molecule has 0 aliphatic rings. The molecule has 130 valence electrons. The number of aliphatic carboxylic acids is 1. The van der Waals surface area contributed by atoms with Crippen molar-refractivity contribution in [3.05, 3.63) is 57.4 Å². The third-order valence-electron chi connectivity index (χ3n) is 3.63. The van der Waals surface area contributed by atoms with Gasteiger partial charge in [0.25, 0.3) is 0 Å². The summed E-state index contributed by atoms with van der Waals surface area (Å²) in [7, 11) is 0. The first kappa shape index (κ1) is 18.6. The maximum atomic E-state index is 13.1. The molecule has 0 amide bonds. The summed E-state index contributed by atoms with van der Waals surface area (Å²) in [6.07, 6.45) is -3.41. The van der Waals surface area contributed by atoms with E-state index in [1.807, 2.05) is 0 Å². The third kappa shape index (κ3) is 3.69. The van der Waals surface area contributed by atoms with Crippen LogP contribution in [-0.4, -0.2) is 15.6 Å². The Bertz CT molecular complexity index is 921. The second-order valence-electron chi connectivity index (χ2n) is 5.30. The van der Waals surface area contributed by atoms with Gasteiger partial charge in [-0.3, -0.25) is 0 Å². The van der Waals surface area contributed by atoms with Gasteiger partial charge < -0.3 is 9.67 Å². The normalized spacial score (nSPS) is 12.1. The minimum atomic E-state index is -4.60. The molecule has 2 rings (SSSR count). The molecule has 0 atom stereocenters. The summed E-state index contributed by atoms with van der Waals surface area (Å²) in [5.74, 6) is -1.38. The lowest BCUT2D eigenvalue weighted by Crippen LogP contribution is -2.08. The SMILES string of the molecule is Cc1cc(/C=C(/C#N)C(=O)O)c(C)n1-c1ccc(Cl)c(C(F)(F)F)c1. The van der Waals surface area contributed by atoms with Gasteiger partial charge in [-0.15, -0.1) is 0 Å². The zero-order valence-corrected chi connectivity index (χ0v) is 13.9. The summed E-state index contributed by atoms with van der Waals surface area (Å²) < 4.78 is 40.7. The highest BCUT2D eigenvalue weighted by Crippen LogP contribution is 2.36. The van der Waals surface area contributed by atoms with E-state index in [0.717, 1.165) is 12.1 Å². The number of alkyl halides is 3. The second-order valence-corrected chi connectivity index (χ2v) is 5.71. The predicted molar refractivity (Wildman–Crippen MR) is 86.5 cm³/mol. The molecule has 0 bridgehead atoms. The number of carbonyl (C=O) groups is 1. The first-order valence-electron chi connectivity index (χ1n) is 6.97. The summed E-state index contributed by atoms with van der Waals surface area (Å²) in [5, 5.41) is 17.4. The Morgan fingerprint density at radius 2 is 1.96 bits per heavy atom. The van der Waals surface area contributed by atoms with Crippen LogP contribution in [0, 0.1) is 25.2 Å². The molecular weight excluding hydrogens is 357 g/mol. The molecule has 1 aromatic heterocycles. The van der Waals surface area contributed by atoms with Crippen LogP contribution in [0.5, 0.6) is 0 Å². The Kier molecular flexibility index (Phi) is 4.95. The molecule has 25 heavy (non-hydrogen) atoms. The van der Waals surface area contributed by atoms with Gasteiger partial charge in [-0.05, 0) is 49.8 Å². The van der Waals surface area contributed by atoms with Crippen LogP contribution >= 0.6 is 11.6 Å². The molecule has 0 aliphatic carbocycles. The number of nitriles is 1. The van der Waals surface area contributed by atoms with Crippen molar-refractivity contribution in [2.45, 2.75) is 20.0 Å². The summed E-state index contributed by atoms with van der Waals surface area (Å²) in [6.45, 7) is 3.29. The van der Waals surface area contributed by atoms with E-state index < -0.39 is 28.3 Å². The van der Waals surface area contributed by atoms with E-state index in [0.29, 0.717) is 17.0 Å². The highest BCUT2D eigenvalue weighted by Gasteiger charge is 2.33. The minimum absolute atomic E-state index is 0.236. The lowest BCUT2D eigenvalue weighted by atomic mass is 10.1. The van der Waals surface area contributed by atoms with Gasteiger partial charge in [-0.25, -0.2) is 4.79 Å². The maximum absolute atomic E-state index is 13.1. The second kappa shape index (κ2) is 6.65. The number of carboxylic acids is 1. The van der Waals surface area contributed by atoms with Gasteiger partial charge >= 0.3 is 12.1 Å². The number of rotatable bonds is 3. The average Bonchev–Trinajstić information content (AvgIpc) is 2.78. The first-order valence-corrected chi connectivity index (χ1v) is 7.35. The smallest absolute Gasteiger partial charge is 0.417 e. The Morgan fingerprint density at radius 1 is 1.32 bits per heavy atom. The van der Waals surface area contributed by atoms with Gasteiger partial charge in [-0.1, -0.05) is 11.6 Å². The molecule has 0 aliphatic heterocycles. The molecule has 0 fully saturated rings. The van der Waals surface area contributed by atoms with Crippen molar-refractivity contribution in [3.8, 4) is 11.8 Å². The number of nitrogens with zero attached hydrogens (tertiary/aromatic N) is 2. The number of benzene rings is 1. The van der Waals surface area contributed by atoms with Gasteiger partial charge in [0.05, 0.1) is 10.6 Å². The van der Waals surface area contributed by atoms with Crippen LogP contribution in [0.25, 0.3) is 11.8 Å². The summed E-state index contributed by atoms with van der Waals surface area (Å²) in [6, 6.07) is 6.69. The number of hydrogen-bond acceptors (Lipinski definition) is 2. The van der Waals surface area contributed by atoms with E-state index in [-0.39, 0.29) is 5.69 Å². The first-order chi connectivity index (χ1) is 11.6. The molecule has 0 saturated heterocycles. The Morgan fingerprint density at radius 3 is 2.48 bits per heavy atom. The van der Waals surface area contributed by atoms with Gasteiger partial charge in [0.15, 0.2) is 0 Å². The number of halogens is 4. The van der Waals surface area contributed by atoms with E-state index in [2.05, 4.69) is 0 Å². The topological polar surface area (TPSA) is 66.0 Å². The fourth-order valence-corrected chi connectivity index (χ4v) is 2.72. The fraction of sp³-hybridized carbons (Fsp3) is 0.176. The summed E-state index contributed by atoms with van der Waals surface area (Å²) in [4.78, 5) is 11.0. The number of hydrogen-bond donors (Lipinski definition) is 1. The van der Waals surface area contributed by atoms with Crippen molar-refractivity contribution in [2.75, 3.05) is 0 Å². The van der Waals surface area contributed by atoms with Crippen LogP contribution in [-0.2, 0) is 11.0 Å². The lowest BCUT2D eigenvalue weighted by Gasteiger charge is -2.14. The molecule has 8 heteroatoms. The molecular formula is C17H12ClF3N2O2. The molecule has 0 radical (unpaired) electrons. The molecule has 0 unspecified atom stereocenters. The van der Waals surface area contributed by atoms with Gasteiger partial charge in [0.1, 0.15) is 11.6 Å². The summed E-state index contributed by atoms with van der Waals surface area (Å²) >= 11 is 5.64. The molecule has 2 aromatic rings. The van der Waals surface area contributed by atoms with Crippen molar-refractivity contribution >= 4 is 23.6 Å². The van der Waals surface area contributed by atoms with E-state index in [4.69, 9.17) is 22.0 Å². The van der Waals surface area contributed by atoms with Crippen molar-refractivity contribution in [1.29, 1.82) is 5.26 Å². The Balaban J connectivity index is 2.64. The van der Waals surface area contributed by atoms with Crippen LogP contribution in [0.4, 0.5) is 13.2 Å². The van der Waals surface area contributed by atoms with Crippen LogP contribution in [0.2, 0.25) is 5.02 Å². The lowest BCUT2D eigenvalue weighted by molar-refractivity contribution is -0.137. The molecule has 0 spiro atoms. The number of carboxylic acid groups (broad SMARTS) is 1. The highest BCUT2D eigenvalue weighted by molar-refractivity contribution is 6.31. The largest absolute Gasteiger partial charge is 0.477 e. The monoisotopic (exact) mass is 368 g/mol. The average molecular weight is 369 g/mol. The predicted octanol–water partition coefficient (Wildman–Crippen LogP) is 4.76. The van der Waals surface area contributed by atoms with E-state index in [1.54, 1.807) is 26.0 Å².